The van der Waals surface area contributed by atoms with E-state index in [4.69, 9.17) is 4.74 Å². The van der Waals surface area contributed by atoms with Crippen molar-refractivity contribution in [3.63, 3.8) is 0 Å². The van der Waals surface area contributed by atoms with E-state index in [9.17, 15) is 4.79 Å². The number of carbonyl (C=O) groups is 1. The summed E-state index contributed by atoms with van der Waals surface area (Å²) in [6, 6.07) is 12.1. The van der Waals surface area contributed by atoms with Crippen molar-refractivity contribution in [1.29, 1.82) is 0 Å². The number of aromatic nitrogens is 2. The van der Waals surface area contributed by atoms with E-state index >= 15 is 0 Å². The van der Waals surface area contributed by atoms with Crippen molar-refractivity contribution in [2.75, 3.05) is 7.11 Å². The minimum Gasteiger partial charge on any atom is -0.497 e. The Balaban J connectivity index is 1.56. The third kappa shape index (κ3) is 4.02. The lowest BCUT2D eigenvalue weighted by Crippen LogP contribution is -2.23. The van der Waals surface area contributed by atoms with Gasteiger partial charge >= 0.3 is 0 Å². The molecule has 0 spiro atoms. The molecule has 0 bridgehead atoms. The number of methoxy groups -OCH3 is 1. The van der Waals surface area contributed by atoms with E-state index in [1.54, 1.807) is 29.3 Å². The van der Waals surface area contributed by atoms with Crippen LogP contribution in [0.2, 0.25) is 0 Å². The number of amides is 1. The van der Waals surface area contributed by atoms with Gasteiger partial charge in [0.1, 0.15) is 5.75 Å². The predicted octanol–water partition coefficient (Wildman–Crippen LogP) is 3.02. The first-order chi connectivity index (χ1) is 11.6. The molecule has 0 aliphatic rings. The fraction of sp³-hybridized carbons (Fsp3) is 0.222. The summed E-state index contributed by atoms with van der Waals surface area (Å²) >= 11 is 1.68. The normalized spacial score (nSPS) is 10.6. The largest absolute Gasteiger partial charge is 0.497 e. The Morgan fingerprint density at radius 3 is 2.71 bits per heavy atom. The van der Waals surface area contributed by atoms with Gasteiger partial charge in [0.2, 0.25) is 5.91 Å². The fourth-order valence-corrected chi connectivity index (χ4v) is 3.33. The van der Waals surface area contributed by atoms with Crippen LogP contribution >= 0.6 is 11.3 Å². The van der Waals surface area contributed by atoms with Gasteiger partial charge in [-0.05, 0) is 47.5 Å². The first kappa shape index (κ1) is 16.3. The second kappa shape index (κ2) is 7.31. The van der Waals surface area contributed by atoms with E-state index in [0.29, 0.717) is 13.0 Å². The standard InChI is InChI=1S/C18H19N3O2S/c1-21-12-13(10-20-21)9-18(22)19-11-16-7-8-17(24-16)14-3-5-15(23-2)6-4-14/h3-8,10,12H,9,11H2,1-2H3,(H,19,22). The Hall–Kier alpha value is -2.60. The van der Waals surface area contributed by atoms with Crippen molar-refractivity contribution in [2.45, 2.75) is 13.0 Å². The highest BCUT2D eigenvalue weighted by molar-refractivity contribution is 7.15. The highest BCUT2D eigenvalue weighted by atomic mass is 32.1. The summed E-state index contributed by atoms with van der Waals surface area (Å²) in [5.41, 5.74) is 2.06. The molecule has 3 aromatic rings. The van der Waals surface area contributed by atoms with Crippen LogP contribution in [-0.4, -0.2) is 22.8 Å². The number of nitrogens with one attached hydrogen (secondary N) is 1. The van der Waals surface area contributed by atoms with Gasteiger partial charge in [-0.2, -0.15) is 5.10 Å². The highest BCUT2D eigenvalue weighted by Crippen LogP contribution is 2.29. The predicted molar refractivity (Wildman–Crippen MR) is 95.1 cm³/mol. The number of aryl methyl sites for hydroxylation is 1. The molecule has 2 aromatic heterocycles. The molecule has 0 unspecified atom stereocenters. The van der Waals surface area contributed by atoms with Crippen molar-refractivity contribution in [3.05, 3.63) is 59.2 Å². The molecule has 124 valence electrons. The Kier molecular flexibility index (Phi) is 4.96. The van der Waals surface area contributed by atoms with Crippen LogP contribution < -0.4 is 10.1 Å². The van der Waals surface area contributed by atoms with E-state index in [2.05, 4.69) is 22.5 Å². The average molecular weight is 341 g/mol. The van der Waals surface area contributed by atoms with Crippen LogP contribution in [0.1, 0.15) is 10.4 Å². The molecule has 1 aromatic carbocycles. The third-order valence-electron chi connectivity index (χ3n) is 3.62. The lowest BCUT2D eigenvalue weighted by molar-refractivity contribution is -0.120. The van der Waals surface area contributed by atoms with E-state index in [1.165, 1.54) is 4.88 Å². The molecule has 6 heteroatoms. The molecule has 24 heavy (non-hydrogen) atoms. The molecule has 0 radical (unpaired) electrons. The molecule has 0 fully saturated rings. The summed E-state index contributed by atoms with van der Waals surface area (Å²) in [7, 11) is 3.50. The van der Waals surface area contributed by atoms with Gasteiger partial charge in [0.15, 0.2) is 0 Å². The average Bonchev–Trinajstić information content (AvgIpc) is 3.22. The van der Waals surface area contributed by atoms with Gasteiger partial charge in [-0.1, -0.05) is 0 Å². The molecule has 0 atom stereocenters. The minimum atomic E-state index is 0.00222. The van der Waals surface area contributed by atoms with Gasteiger partial charge in [-0.25, -0.2) is 0 Å². The van der Waals surface area contributed by atoms with Crippen molar-refractivity contribution < 1.29 is 9.53 Å². The van der Waals surface area contributed by atoms with E-state index < -0.39 is 0 Å². The molecule has 0 aliphatic carbocycles. The third-order valence-corrected chi connectivity index (χ3v) is 4.75. The molecule has 1 amide bonds. The van der Waals surface area contributed by atoms with Crippen molar-refractivity contribution >= 4 is 17.2 Å². The summed E-state index contributed by atoms with van der Waals surface area (Å²) in [6.07, 6.45) is 3.92. The highest BCUT2D eigenvalue weighted by Gasteiger charge is 2.07. The van der Waals surface area contributed by atoms with E-state index in [-0.39, 0.29) is 5.91 Å². The minimum absolute atomic E-state index is 0.00222. The number of carbonyl (C=O) groups excluding carboxylic acids is 1. The number of rotatable bonds is 6. The van der Waals surface area contributed by atoms with Crippen LogP contribution in [0.4, 0.5) is 0 Å². The molecule has 3 rings (SSSR count). The first-order valence-corrected chi connectivity index (χ1v) is 8.43. The first-order valence-electron chi connectivity index (χ1n) is 7.61. The van der Waals surface area contributed by atoms with Gasteiger partial charge in [-0.3, -0.25) is 9.48 Å². The zero-order chi connectivity index (χ0) is 16.9. The van der Waals surface area contributed by atoms with Crippen LogP contribution in [0, 0.1) is 0 Å². The number of hydrogen-bond donors (Lipinski definition) is 1. The molecule has 1 N–H and O–H groups in total. The monoisotopic (exact) mass is 341 g/mol. The molecule has 5 nitrogen and oxygen atoms in total. The Bertz CT molecular complexity index is 821. The van der Waals surface area contributed by atoms with Crippen LogP contribution in [0.3, 0.4) is 0 Å². The molecular formula is C18H19N3O2S. The summed E-state index contributed by atoms with van der Waals surface area (Å²) < 4.78 is 6.87. The molecule has 0 aliphatic heterocycles. The van der Waals surface area contributed by atoms with Gasteiger partial charge < -0.3 is 10.1 Å². The molecule has 0 saturated heterocycles. The van der Waals surface area contributed by atoms with Crippen molar-refractivity contribution in [2.24, 2.45) is 7.05 Å². The Morgan fingerprint density at radius 1 is 1.25 bits per heavy atom. The van der Waals surface area contributed by atoms with Crippen LogP contribution in [0.5, 0.6) is 5.75 Å². The van der Waals surface area contributed by atoms with Crippen molar-refractivity contribution in [1.82, 2.24) is 15.1 Å². The number of ether oxygens (including phenoxy) is 1. The smallest absolute Gasteiger partial charge is 0.224 e. The maximum atomic E-state index is 12.0. The zero-order valence-corrected chi connectivity index (χ0v) is 14.5. The number of thiophene rings is 1. The Labute approximate surface area is 144 Å². The van der Waals surface area contributed by atoms with Gasteiger partial charge in [0.25, 0.3) is 0 Å². The summed E-state index contributed by atoms with van der Waals surface area (Å²) in [4.78, 5) is 14.3. The quantitative estimate of drug-likeness (QED) is 0.750. The maximum Gasteiger partial charge on any atom is 0.224 e. The number of nitrogens with zero attached hydrogens (tertiary/aromatic N) is 2. The molecule has 0 saturated carbocycles. The molecule has 2 heterocycles. The van der Waals surface area contributed by atoms with Gasteiger partial charge in [-0.15, -0.1) is 11.3 Å². The van der Waals surface area contributed by atoms with Gasteiger partial charge in [0, 0.05) is 23.0 Å². The van der Waals surface area contributed by atoms with Gasteiger partial charge in [0.05, 0.1) is 26.3 Å². The Morgan fingerprint density at radius 2 is 2.04 bits per heavy atom. The second-order valence-electron chi connectivity index (χ2n) is 5.47. The van der Waals surface area contributed by atoms with Crippen LogP contribution in [0.25, 0.3) is 10.4 Å². The molecular weight excluding hydrogens is 322 g/mol. The number of benzene rings is 1. The van der Waals surface area contributed by atoms with Crippen LogP contribution in [-0.2, 0) is 24.8 Å². The maximum absolute atomic E-state index is 12.0. The summed E-state index contributed by atoms with van der Waals surface area (Å²) in [5, 5.41) is 7.02. The van der Waals surface area contributed by atoms with E-state index in [1.807, 2.05) is 37.5 Å². The SMILES string of the molecule is COc1ccc(-c2ccc(CNC(=O)Cc3cnn(C)c3)s2)cc1. The van der Waals surface area contributed by atoms with Crippen molar-refractivity contribution in [3.8, 4) is 16.2 Å². The zero-order valence-electron chi connectivity index (χ0n) is 13.7. The summed E-state index contributed by atoms with van der Waals surface area (Å²) in [6.45, 7) is 0.542. The van der Waals surface area contributed by atoms with E-state index in [0.717, 1.165) is 21.8 Å². The second-order valence-corrected chi connectivity index (χ2v) is 6.64. The number of hydrogen-bond acceptors (Lipinski definition) is 4. The lowest BCUT2D eigenvalue weighted by atomic mass is 10.2. The lowest BCUT2D eigenvalue weighted by Gasteiger charge is -2.02. The topological polar surface area (TPSA) is 56.1 Å². The summed E-state index contributed by atoms with van der Waals surface area (Å²) in [5.74, 6) is 0.848. The fourth-order valence-electron chi connectivity index (χ4n) is 2.38. The van der Waals surface area contributed by atoms with Crippen LogP contribution in [0.15, 0.2) is 48.8 Å².